The van der Waals surface area contributed by atoms with Gasteiger partial charge in [0.25, 0.3) is 0 Å². The molecular formula is C27H21Br2ClN6O. The normalized spacial score (nSPS) is 10.9. The molecule has 2 aromatic heterocycles. The minimum absolute atomic E-state index is 0.259. The number of anilines is 2. The molecule has 0 radical (unpaired) electrons. The van der Waals surface area contributed by atoms with E-state index in [1.54, 1.807) is 10.7 Å². The summed E-state index contributed by atoms with van der Waals surface area (Å²) < 4.78 is 3.46. The molecule has 0 bridgehead atoms. The molecule has 0 aliphatic carbocycles. The van der Waals surface area contributed by atoms with E-state index in [0.717, 1.165) is 42.8 Å². The molecule has 0 fully saturated rings. The largest absolute Gasteiger partial charge is 0.366 e. The Balaban J connectivity index is 1.24. The maximum absolute atomic E-state index is 12.2. The molecule has 7 nitrogen and oxygen atoms in total. The number of carbonyl (C=O) groups is 1. The molecule has 186 valence electrons. The Hall–Kier alpha value is -3.40. The summed E-state index contributed by atoms with van der Waals surface area (Å²) in [6.07, 6.45) is 1.72. The average Bonchev–Trinajstić information content (AvgIpc) is 3.27. The van der Waals surface area contributed by atoms with Crippen molar-refractivity contribution in [2.24, 2.45) is 0 Å². The van der Waals surface area contributed by atoms with E-state index in [0.29, 0.717) is 23.8 Å². The van der Waals surface area contributed by atoms with E-state index >= 15 is 0 Å². The SMILES string of the molecule is O=C(NCc1ccc(CNc2cc(-c3ccccc3Cl)nc3c(Br)cnn23)cc1)Nc1cccc(Br)c1. The van der Waals surface area contributed by atoms with Crippen molar-refractivity contribution in [3.05, 3.63) is 110 Å². The lowest BCUT2D eigenvalue weighted by atomic mass is 10.1. The molecule has 3 aromatic carbocycles. The van der Waals surface area contributed by atoms with Gasteiger partial charge >= 0.3 is 6.03 Å². The van der Waals surface area contributed by atoms with Crippen LogP contribution in [0.4, 0.5) is 16.3 Å². The van der Waals surface area contributed by atoms with Crippen molar-refractivity contribution in [3.63, 3.8) is 0 Å². The van der Waals surface area contributed by atoms with Crippen LogP contribution in [0.5, 0.6) is 0 Å². The number of nitrogens with zero attached hydrogens (tertiary/aromatic N) is 3. The van der Waals surface area contributed by atoms with Crippen molar-refractivity contribution in [1.82, 2.24) is 19.9 Å². The topological polar surface area (TPSA) is 83.3 Å². The number of rotatable bonds is 7. The van der Waals surface area contributed by atoms with Crippen molar-refractivity contribution >= 4 is 66.6 Å². The van der Waals surface area contributed by atoms with Gasteiger partial charge in [-0.25, -0.2) is 9.78 Å². The van der Waals surface area contributed by atoms with Gasteiger partial charge in [0.15, 0.2) is 5.65 Å². The zero-order valence-electron chi connectivity index (χ0n) is 19.4. The van der Waals surface area contributed by atoms with Gasteiger partial charge in [0, 0.05) is 39.9 Å². The van der Waals surface area contributed by atoms with Crippen LogP contribution >= 0.6 is 43.5 Å². The number of halogens is 3. The number of fused-ring (bicyclic) bond motifs is 1. The van der Waals surface area contributed by atoms with Crippen LogP contribution in [0, 0.1) is 0 Å². The molecule has 3 N–H and O–H groups in total. The second kappa shape index (κ2) is 11.3. The Kier molecular flexibility index (Phi) is 7.73. The van der Waals surface area contributed by atoms with Gasteiger partial charge in [0.1, 0.15) is 5.82 Å². The molecule has 0 spiro atoms. The van der Waals surface area contributed by atoms with Gasteiger partial charge in [0.05, 0.1) is 16.4 Å². The van der Waals surface area contributed by atoms with Gasteiger partial charge in [-0.05, 0) is 51.3 Å². The molecule has 10 heteroatoms. The van der Waals surface area contributed by atoms with Crippen molar-refractivity contribution in [1.29, 1.82) is 0 Å². The highest BCUT2D eigenvalue weighted by molar-refractivity contribution is 9.11. The third-order valence-corrected chi connectivity index (χ3v) is 6.99. The first kappa shape index (κ1) is 25.3. The molecule has 0 saturated heterocycles. The molecule has 0 aliphatic heterocycles. The predicted octanol–water partition coefficient (Wildman–Crippen LogP) is 7.51. The summed E-state index contributed by atoms with van der Waals surface area (Å²) in [5, 5.41) is 14.2. The minimum Gasteiger partial charge on any atom is -0.366 e. The van der Waals surface area contributed by atoms with Crippen LogP contribution < -0.4 is 16.0 Å². The van der Waals surface area contributed by atoms with Crippen molar-refractivity contribution in [2.75, 3.05) is 10.6 Å². The number of aromatic nitrogens is 3. The number of benzene rings is 3. The zero-order chi connectivity index (χ0) is 25.8. The van der Waals surface area contributed by atoms with Gasteiger partial charge in [-0.15, -0.1) is 0 Å². The standard InChI is InChI=1S/C27H21Br2ClN6O/c28-19-4-3-5-20(12-19)34-27(37)32-15-18-10-8-17(9-11-18)14-31-25-13-24(21-6-1-2-7-23(21)30)35-26-22(29)16-33-36(25)26/h1-13,16,31H,14-15H2,(H2,32,34,37). The third kappa shape index (κ3) is 6.12. The highest BCUT2D eigenvalue weighted by atomic mass is 79.9. The van der Waals surface area contributed by atoms with E-state index in [4.69, 9.17) is 16.6 Å². The molecule has 2 heterocycles. The Bertz CT molecular complexity index is 1570. The molecule has 0 atom stereocenters. The molecule has 2 amide bonds. The van der Waals surface area contributed by atoms with E-state index in [9.17, 15) is 4.79 Å². The molecule has 37 heavy (non-hydrogen) atoms. The van der Waals surface area contributed by atoms with Crippen LogP contribution in [0.15, 0.2) is 94.0 Å². The Morgan fingerprint density at radius 2 is 1.68 bits per heavy atom. The molecular weight excluding hydrogens is 620 g/mol. The Morgan fingerprint density at radius 1 is 0.919 bits per heavy atom. The smallest absolute Gasteiger partial charge is 0.319 e. The lowest BCUT2D eigenvalue weighted by Crippen LogP contribution is -2.28. The number of carbonyl (C=O) groups excluding carboxylic acids is 1. The summed E-state index contributed by atoms with van der Waals surface area (Å²) in [6.45, 7) is 0.997. The number of nitrogens with one attached hydrogen (secondary N) is 3. The second-order valence-corrected chi connectivity index (χ2v) is 10.4. The van der Waals surface area contributed by atoms with Crippen LogP contribution in [-0.4, -0.2) is 20.6 Å². The fourth-order valence-corrected chi connectivity index (χ4v) is 4.74. The second-order valence-electron chi connectivity index (χ2n) is 8.22. The zero-order valence-corrected chi connectivity index (χ0v) is 23.3. The number of hydrogen-bond donors (Lipinski definition) is 3. The fourth-order valence-electron chi connectivity index (χ4n) is 3.76. The number of urea groups is 1. The monoisotopic (exact) mass is 638 g/mol. The van der Waals surface area contributed by atoms with Gasteiger partial charge < -0.3 is 16.0 Å². The molecule has 0 aliphatic rings. The van der Waals surface area contributed by atoms with Crippen LogP contribution in [0.1, 0.15) is 11.1 Å². The van der Waals surface area contributed by atoms with E-state index in [-0.39, 0.29) is 6.03 Å². The molecule has 0 unspecified atom stereocenters. The van der Waals surface area contributed by atoms with E-state index < -0.39 is 0 Å². The Labute approximate surface area is 235 Å². The predicted molar refractivity (Wildman–Crippen MR) is 155 cm³/mol. The summed E-state index contributed by atoms with van der Waals surface area (Å²) in [6, 6.07) is 24.8. The van der Waals surface area contributed by atoms with Crippen LogP contribution in [-0.2, 0) is 13.1 Å². The maximum atomic E-state index is 12.2. The van der Waals surface area contributed by atoms with Crippen molar-refractivity contribution < 1.29 is 4.79 Å². The van der Waals surface area contributed by atoms with E-state index in [1.165, 1.54) is 0 Å². The summed E-state index contributed by atoms with van der Waals surface area (Å²) >= 11 is 13.4. The number of amides is 2. The van der Waals surface area contributed by atoms with Crippen molar-refractivity contribution in [2.45, 2.75) is 13.1 Å². The van der Waals surface area contributed by atoms with E-state index in [2.05, 4.69) is 52.9 Å². The molecule has 0 saturated carbocycles. The summed E-state index contributed by atoms with van der Waals surface area (Å²) in [5.41, 5.74) is 5.10. The van der Waals surface area contributed by atoms with Gasteiger partial charge in [-0.2, -0.15) is 9.61 Å². The van der Waals surface area contributed by atoms with Gasteiger partial charge in [-0.1, -0.05) is 76.1 Å². The quantitative estimate of drug-likeness (QED) is 0.172. The van der Waals surface area contributed by atoms with E-state index in [1.807, 2.05) is 78.9 Å². The average molecular weight is 641 g/mol. The van der Waals surface area contributed by atoms with Gasteiger partial charge in [-0.3, -0.25) is 0 Å². The maximum Gasteiger partial charge on any atom is 0.319 e. The Morgan fingerprint density at radius 3 is 2.43 bits per heavy atom. The first-order valence-electron chi connectivity index (χ1n) is 11.4. The highest BCUT2D eigenvalue weighted by Gasteiger charge is 2.13. The lowest BCUT2D eigenvalue weighted by molar-refractivity contribution is 0.251. The third-order valence-electron chi connectivity index (χ3n) is 5.61. The molecule has 5 rings (SSSR count). The van der Waals surface area contributed by atoms with Crippen molar-refractivity contribution in [3.8, 4) is 11.3 Å². The van der Waals surface area contributed by atoms with Crippen LogP contribution in [0.25, 0.3) is 16.9 Å². The minimum atomic E-state index is -0.259. The fraction of sp³-hybridized carbons (Fsp3) is 0.0741. The summed E-state index contributed by atoms with van der Waals surface area (Å²) in [5.74, 6) is 0.792. The van der Waals surface area contributed by atoms with Crippen LogP contribution in [0.2, 0.25) is 5.02 Å². The first-order chi connectivity index (χ1) is 18.0. The summed E-state index contributed by atoms with van der Waals surface area (Å²) in [7, 11) is 0. The highest BCUT2D eigenvalue weighted by Crippen LogP contribution is 2.30. The van der Waals surface area contributed by atoms with Gasteiger partial charge in [0.2, 0.25) is 0 Å². The summed E-state index contributed by atoms with van der Waals surface area (Å²) in [4.78, 5) is 17.0. The van der Waals surface area contributed by atoms with Crippen LogP contribution in [0.3, 0.4) is 0 Å². The number of hydrogen-bond acceptors (Lipinski definition) is 4. The molecule has 5 aromatic rings. The first-order valence-corrected chi connectivity index (χ1v) is 13.3. The lowest BCUT2D eigenvalue weighted by Gasteiger charge is -2.12.